The maximum absolute atomic E-state index is 11.2. The van der Waals surface area contributed by atoms with Gasteiger partial charge in [0.1, 0.15) is 41.2 Å². The summed E-state index contributed by atoms with van der Waals surface area (Å²) in [4.78, 5) is 10.5. The van der Waals surface area contributed by atoms with Crippen LogP contribution < -0.4 is 0 Å². The molecular weight excluding hydrogens is 580 g/mol. The van der Waals surface area contributed by atoms with E-state index in [2.05, 4.69) is 6.92 Å². The number of carbonyl (C=O) groups is 1. The van der Waals surface area contributed by atoms with Crippen molar-refractivity contribution in [2.24, 2.45) is 0 Å². The molecule has 8 unspecified atom stereocenters. The highest BCUT2D eigenvalue weighted by Crippen LogP contribution is 2.39. The minimum atomic E-state index is -2.63. The Bertz CT molecular complexity index is 823. The van der Waals surface area contributed by atoms with Crippen LogP contribution in [0.1, 0.15) is 143 Å². The van der Waals surface area contributed by atoms with Crippen LogP contribution in [0.5, 0.6) is 0 Å². The molecule has 0 fully saturated rings. The zero-order valence-electron chi connectivity index (χ0n) is 28.4. The van der Waals surface area contributed by atoms with E-state index in [4.69, 9.17) is 5.11 Å². The fourth-order valence-corrected chi connectivity index (χ4v) is 5.52. The Kier molecular flexibility index (Phi) is 22.3. The average molecular weight is 647 g/mol. The van der Waals surface area contributed by atoms with Crippen LogP contribution in [0.15, 0.2) is 24.3 Å². The number of aliphatic hydroxyl groups is 8. The van der Waals surface area contributed by atoms with Crippen LogP contribution in [-0.2, 0) is 4.79 Å². The zero-order valence-corrected chi connectivity index (χ0v) is 28.4. The maximum Gasteiger partial charge on any atom is 0.303 e. The number of rotatable bonds is 28. The van der Waals surface area contributed by atoms with Gasteiger partial charge in [-0.2, -0.15) is 0 Å². The molecule has 0 aromatic rings. The summed E-state index contributed by atoms with van der Waals surface area (Å²) in [5.74, 6) is -0.756. The maximum atomic E-state index is 11.2. The van der Waals surface area contributed by atoms with Gasteiger partial charge in [-0.05, 0) is 46.5 Å². The monoisotopic (exact) mass is 646 g/mol. The SMILES string of the molecule is CCCCCCCC=CC=CC(O)C(O)C(O)C(C)(O)C(C)(O)C(C)(O)C(O)C(O)CCCCCCCCCCCCC(=O)O. The van der Waals surface area contributed by atoms with Crippen molar-refractivity contribution in [1.82, 2.24) is 0 Å². The summed E-state index contributed by atoms with van der Waals surface area (Å²) in [5.41, 5.74) is -7.76. The Balaban J connectivity index is 4.76. The number of unbranched alkanes of at least 4 members (excludes halogenated alkanes) is 14. The lowest BCUT2D eigenvalue weighted by atomic mass is 9.66. The van der Waals surface area contributed by atoms with Gasteiger partial charge in [0.05, 0.1) is 6.10 Å². The minimum absolute atomic E-state index is 0.139. The second kappa shape index (κ2) is 23.0. The topological polar surface area (TPSA) is 199 Å². The van der Waals surface area contributed by atoms with E-state index in [1.165, 1.54) is 31.4 Å². The van der Waals surface area contributed by atoms with E-state index in [9.17, 15) is 45.6 Å². The highest BCUT2D eigenvalue weighted by molar-refractivity contribution is 5.66. The van der Waals surface area contributed by atoms with E-state index in [0.717, 1.165) is 91.4 Å². The normalized spacial score (nSPS) is 19.9. The molecular formula is C35H66O10. The number of allylic oxidation sites excluding steroid dienone is 3. The molecule has 0 rings (SSSR count). The number of carboxylic acids is 1. The summed E-state index contributed by atoms with van der Waals surface area (Å²) in [7, 11) is 0. The van der Waals surface area contributed by atoms with Crippen molar-refractivity contribution >= 4 is 5.97 Å². The highest BCUT2D eigenvalue weighted by atomic mass is 16.4. The molecule has 10 heteroatoms. The lowest BCUT2D eigenvalue weighted by Gasteiger charge is -2.52. The standard InChI is InChI=1S/C35H66O10/c1-5-6-7-8-9-12-15-18-21-24-27(36)30(40)32(42)34(3,44)35(4,45)33(2,43)31(41)28(37)25-22-19-16-13-10-11-14-17-20-23-26-29(38)39/h15,18,21,24,27-28,30-32,36-37,40-45H,5-14,16-17,19-20,22-23,25-26H2,1-4H3,(H,38,39). The second-order valence-electron chi connectivity index (χ2n) is 13.3. The molecule has 0 saturated heterocycles. The van der Waals surface area contributed by atoms with E-state index in [1.807, 2.05) is 6.08 Å². The Hall–Kier alpha value is -1.37. The van der Waals surface area contributed by atoms with Crippen molar-refractivity contribution in [3.63, 3.8) is 0 Å². The Morgan fingerprint density at radius 3 is 1.64 bits per heavy atom. The average Bonchev–Trinajstić information content (AvgIpc) is 2.98. The third kappa shape index (κ3) is 15.9. The van der Waals surface area contributed by atoms with Crippen LogP contribution in [0.2, 0.25) is 0 Å². The van der Waals surface area contributed by atoms with Crippen LogP contribution in [0.3, 0.4) is 0 Å². The highest BCUT2D eigenvalue weighted by Gasteiger charge is 2.62. The van der Waals surface area contributed by atoms with Crippen molar-refractivity contribution in [2.45, 2.75) is 191 Å². The zero-order chi connectivity index (χ0) is 34.5. The summed E-state index contributed by atoms with van der Waals surface area (Å²) in [6.45, 7) is 5.18. The number of carboxylic acid groups (broad SMARTS) is 1. The number of aliphatic hydroxyl groups excluding tert-OH is 5. The van der Waals surface area contributed by atoms with E-state index < -0.39 is 53.3 Å². The third-order valence-corrected chi connectivity index (χ3v) is 9.33. The molecule has 8 atom stereocenters. The second-order valence-corrected chi connectivity index (χ2v) is 13.3. The molecule has 0 saturated carbocycles. The molecule has 0 amide bonds. The van der Waals surface area contributed by atoms with Crippen molar-refractivity contribution < 1.29 is 50.8 Å². The van der Waals surface area contributed by atoms with Gasteiger partial charge in [-0.1, -0.05) is 115 Å². The van der Waals surface area contributed by atoms with Gasteiger partial charge >= 0.3 is 5.97 Å². The first-order valence-electron chi connectivity index (χ1n) is 17.2. The molecule has 0 heterocycles. The molecule has 0 aromatic heterocycles. The predicted octanol–water partition coefficient (Wildman–Crippen LogP) is 4.28. The molecule has 0 aliphatic heterocycles. The first-order valence-corrected chi connectivity index (χ1v) is 17.2. The van der Waals surface area contributed by atoms with Gasteiger partial charge in [-0.25, -0.2) is 0 Å². The van der Waals surface area contributed by atoms with Crippen LogP contribution >= 0.6 is 0 Å². The molecule has 9 N–H and O–H groups in total. The van der Waals surface area contributed by atoms with E-state index >= 15 is 0 Å². The summed E-state index contributed by atoms with van der Waals surface area (Å²) >= 11 is 0. The van der Waals surface area contributed by atoms with Gasteiger partial charge in [0.15, 0.2) is 0 Å². The van der Waals surface area contributed by atoms with Crippen LogP contribution in [-0.4, -0.2) is 99.3 Å². The first kappa shape index (κ1) is 43.6. The number of aliphatic carboxylic acids is 1. The molecule has 10 nitrogen and oxygen atoms in total. The lowest BCUT2D eigenvalue weighted by molar-refractivity contribution is -0.296. The first-order chi connectivity index (χ1) is 21.1. The molecule has 0 spiro atoms. The van der Waals surface area contributed by atoms with E-state index in [0.29, 0.717) is 12.8 Å². The van der Waals surface area contributed by atoms with Crippen molar-refractivity contribution in [3.8, 4) is 0 Å². The van der Waals surface area contributed by atoms with Gasteiger partial charge in [-0.3, -0.25) is 4.79 Å². The van der Waals surface area contributed by atoms with Crippen molar-refractivity contribution in [1.29, 1.82) is 0 Å². The van der Waals surface area contributed by atoms with Crippen LogP contribution in [0, 0.1) is 0 Å². The molecule has 0 aliphatic carbocycles. The molecule has 0 aliphatic rings. The van der Waals surface area contributed by atoms with Crippen molar-refractivity contribution in [3.05, 3.63) is 24.3 Å². The lowest BCUT2D eigenvalue weighted by Crippen LogP contribution is -2.74. The quantitative estimate of drug-likeness (QED) is 0.0437. The van der Waals surface area contributed by atoms with Gasteiger partial charge < -0.3 is 46.0 Å². The van der Waals surface area contributed by atoms with E-state index in [1.54, 1.807) is 6.08 Å². The van der Waals surface area contributed by atoms with Gasteiger partial charge in [0, 0.05) is 6.42 Å². The summed E-state index contributed by atoms with van der Waals surface area (Å²) in [6, 6.07) is 0. The number of hydrogen-bond donors (Lipinski definition) is 9. The summed E-state index contributed by atoms with van der Waals surface area (Å²) in [5, 5.41) is 95.3. The summed E-state index contributed by atoms with van der Waals surface area (Å²) in [6.07, 6.45) is 13.6. The fourth-order valence-electron chi connectivity index (χ4n) is 5.52. The Morgan fingerprint density at radius 2 is 1.11 bits per heavy atom. The molecule has 0 bridgehead atoms. The molecule has 0 aromatic carbocycles. The number of hydrogen-bond acceptors (Lipinski definition) is 9. The van der Waals surface area contributed by atoms with Crippen molar-refractivity contribution in [2.75, 3.05) is 0 Å². The molecule has 266 valence electrons. The fraction of sp³-hybridized carbons (Fsp3) is 0.857. The molecule has 45 heavy (non-hydrogen) atoms. The van der Waals surface area contributed by atoms with Gasteiger partial charge in [0.2, 0.25) is 0 Å². The van der Waals surface area contributed by atoms with Crippen LogP contribution in [0.4, 0.5) is 0 Å². The van der Waals surface area contributed by atoms with Gasteiger partial charge in [0.25, 0.3) is 0 Å². The Morgan fingerprint density at radius 1 is 0.644 bits per heavy atom. The smallest absolute Gasteiger partial charge is 0.303 e. The molecule has 0 radical (unpaired) electrons. The van der Waals surface area contributed by atoms with E-state index in [-0.39, 0.29) is 12.8 Å². The van der Waals surface area contributed by atoms with Crippen LogP contribution in [0.25, 0.3) is 0 Å². The third-order valence-electron chi connectivity index (χ3n) is 9.33. The minimum Gasteiger partial charge on any atom is -0.481 e. The van der Waals surface area contributed by atoms with Gasteiger partial charge in [-0.15, -0.1) is 0 Å². The Labute approximate surface area is 271 Å². The largest absolute Gasteiger partial charge is 0.481 e. The summed E-state index contributed by atoms with van der Waals surface area (Å²) < 4.78 is 0. The predicted molar refractivity (Wildman–Crippen MR) is 177 cm³/mol.